The molecule has 0 saturated carbocycles. The third kappa shape index (κ3) is 4.05. The second-order valence-corrected chi connectivity index (χ2v) is 8.80. The number of likely N-dealkylation sites (N-methyl/N-ethyl adjacent to an activating group) is 1. The molecule has 2 N–H and O–H groups in total. The van der Waals surface area contributed by atoms with Gasteiger partial charge in [-0.3, -0.25) is 4.90 Å². The highest BCUT2D eigenvalue weighted by atomic mass is 32.2. The van der Waals surface area contributed by atoms with Gasteiger partial charge < -0.3 is 10.3 Å². The molecule has 25 heavy (non-hydrogen) atoms. The van der Waals surface area contributed by atoms with Gasteiger partial charge in [0.05, 0.1) is 4.90 Å². The van der Waals surface area contributed by atoms with Crippen molar-refractivity contribution in [3.63, 3.8) is 0 Å². The molecule has 1 fully saturated rings. The van der Waals surface area contributed by atoms with Crippen molar-refractivity contribution in [3.8, 4) is 0 Å². The third-order valence-electron chi connectivity index (χ3n) is 4.85. The highest BCUT2D eigenvalue weighted by Gasteiger charge is 2.31. The molecule has 136 valence electrons. The molecule has 1 aromatic heterocycles. The van der Waals surface area contributed by atoms with Gasteiger partial charge >= 0.3 is 0 Å². The van der Waals surface area contributed by atoms with Crippen LogP contribution in [0, 0.1) is 0 Å². The van der Waals surface area contributed by atoms with Crippen molar-refractivity contribution >= 4 is 15.7 Å². The summed E-state index contributed by atoms with van der Waals surface area (Å²) in [5.74, 6) is 0. The van der Waals surface area contributed by atoms with Crippen LogP contribution in [0.15, 0.2) is 47.6 Å². The van der Waals surface area contributed by atoms with E-state index in [-0.39, 0.29) is 6.04 Å². The fraction of sp³-hybridized carbons (Fsp3) is 0.444. The molecule has 0 radical (unpaired) electrons. The summed E-state index contributed by atoms with van der Waals surface area (Å²) in [5.41, 5.74) is 7.49. The average molecular weight is 362 g/mol. The molecule has 7 heteroatoms. The molecule has 3 rings (SSSR count). The monoisotopic (exact) mass is 362 g/mol. The number of rotatable bonds is 5. The van der Waals surface area contributed by atoms with Crippen LogP contribution < -0.4 is 5.73 Å². The van der Waals surface area contributed by atoms with Crippen molar-refractivity contribution in [1.29, 1.82) is 0 Å². The van der Waals surface area contributed by atoms with E-state index in [1.54, 1.807) is 31.3 Å². The van der Waals surface area contributed by atoms with Crippen LogP contribution in [0.25, 0.3) is 0 Å². The van der Waals surface area contributed by atoms with E-state index in [2.05, 4.69) is 17.2 Å². The standard InChI is InChI=1S/C18H26N4O2S/c1-20-11-9-15(12-20)13-22-10-3-4-17(14-22)21(2)25(23,24)18-7-5-16(19)6-8-18/h5-9,11-12,17H,3-4,10,13-14,19H2,1-2H3. The number of sulfonamides is 1. The van der Waals surface area contributed by atoms with Crippen LogP contribution in [0.3, 0.4) is 0 Å². The molecule has 1 aliphatic rings. The van der Waals surface area contributed by atoms with Crippen LogP contribution in [0.4, 0.5) is 5.69 Å². The second-order valence-electron chi connectivity index (χ2n) is 6.81. The number of anilines is 1. The van der Waals surface area contributed by atoms with Crippen molar-refractivity contribution in [3.05, 3.63) is 48.3 Å². The van der Waals surface area contributed by atoms with Crippen LogP contribution in [-0.2, 0) is 23.6 Å². The quantitative estimate of drug-likeness (QED) is 0.825. The number of hydrogen-bond donors (Lipinski definition) is 1. The summed E-state index contributed by atoms with van der Waals surface area (Å²) in [6.07, 6.45) is 6.03. The number of benzene rings is 1. The smallest absolute Gasteiger partial charge is 0.243 e. The number of aryl methyl sites for hydroxylation is 1. The minimum Gasteiger partial charge on any atom is -0.399 e. The Labute approximate surface area is 149 Å². The first-order chi connectivity index (χ1) is 11.9. The van der Waals surface area contributed by atoms with Crippen molar-refractivity contribution in [1.82, 2.24) is 13.8 Å². The molecule has 1 unspecified atom stereocenters. The zero-order valence-corrected chi connectivity index (χ0v) is 15.6. The maximum absolute atomic E-state index is 12.9. The molecule has 0 spiro atoms. The Balaban J connectivity index is 1.70. The minimum absolute atomic E-state index is 0.0139. The zero-order chi connectivity index (χ0) is 18.0. The Morgan fingerprint density at radius 2 is 1.96 bits per heavy atom. The summed E-state index contributed by atoms with van der Waals surface area (Å²) in [7, 11) is 0.192. The Kier molecular flexibility index (Phi) is 5.17. The van der Waals surface area contributed by atoms with E-state index in [4.69, 9.17) is 5.73 Å². The average Bonchev–Trinajstić information content (AvgIpc) is 2.99. The van der Waals surface area contributed by atoms with Crippen molar-refractivity contribution < 1.29 is 8.42 Å². The lowest BCUT2D eigenvalue weighted by Gasteiger charge is -2.37. The summed E-state index contributed by atoms with van der Waals surface area (Å²) in [5, 5.41) is 0. The highest BCUT2D eigenvalue weighted by molar-refractivity contribution is 7.89. The molecule has 1 aromatic carbocycles. The first-order valence-electron chi connectivity index (χ1n) is 8.53. The van der Waals surface area contributed by atoms with Crippen LogP contribution in [-0.4, -0.2) is 48.4 Å². The van der Waals surface area contributed by atoms with Crippen molar-refractivity contribution in [2.75, 3.05) is 25.9 Å². The number of likely N-dealkylation sites (tertiary alicyclic amines) is 1. The molecule has 0 aliphatic carbocycles. The molecule has 6 nitrogen and oxygen atoms in total. The summed E-state index contributed by atoms with van der Waals surface area (Å²) in [4.78, 5) is 2.63. The van der Waals surface area contributed by atoms with Crippen molar-refractivity contribution in [2.24, 2.45) is 7.05 Å². The Morgan fingerprint density at radius 1 is 1.24 bits per heavy atom. The lowest BCUT2D eigenvalue weighted by molar-refractivity contribution is 0.153. The van der Waals surface area contributed by atoms with Gasteiger partial charge in [-0.25, -0.2) is 8.42 Å². The molecule has 1 atom stereocenters. The SMILES string of the molecule is CN(C1CCCN(Cc2ccn(C)c2)C1)S(=O)(=O)c1ccc(N)cc1. The van der Waals surface area contributed by atoms with E-state index in [1.165, 1.54) is 9.87 Å². The van der Waals surface area contributed by atoms with E-state index in [9.17, 15) is 8.42 Å². The maximum atomic E-state index is 12.9. The van der Waals surface area contributed by atoms with E-state index in [0.29, 0.717) is 10.6 Å². The third-order valence-corrected chi connectivity index (χ3v) is 6.78. The number of nitrogens with two attached hydrogens (primary N) is 1. The molecule has 0 bridgehead atoms. The Bertz CT molecular complexity index is 814. The number of aromatic nitrogens is 1. The van der Waals surface area contributed by atoms with Gasteiger partial charge in [0.25, 0.3) is 0 Å². The zero-order valence-electron chi connectivity index (χ0n) is 14.8. The predicted octanol–water partition coefficient (Wildman–Crippen LogP) is 1.89. The number of nitrogen functional groups attached to an aromatic ring is 1. The van der Waals surface area contributed by atoms with Crippen LogP contribution in [0.5, 0.6) is 0 Å². The molecule has 1 saturated heterocycles. The topological polar surface area (TPSA) is 71.6 Å². The predicted molar refractivity (Wildman–Crippen MR) is 99.5 cm³/mol. The highest BCUT2D eigenvalue weighted by Crippen LogP contribution is 2.23. The molecule has 2 heterocycles. The van der Waals surface area contributed by atoms with E-state index in [1.807, 2.05) is 17.8 Å². The number of hydrogen-bond acceptors (Lipinski definition) is 4. The minimum atomic E-state index is -3.50. The summed E-state index contributed by atoms with van der Waals surface area (Å²) >= 11 is 0. The van der Waals surface area contributed by atoms with E-state index in [0.717, 1.165) is 32.5 Å². The molecular weight excluding hydrogens is 336 g/mol. The first kappa shape index (κ1) is 18.0. The normalized spacial score (nSPS) is 19.4. The molecular formula is C18H26N4O2S. The fourth-order valence-electron chi connectivity index (χ4n) is 3.39. The van der Waals surface area contributed by atoms with Crippen LogP contribution in [0.1, 0.15) is 18.4 Å². The van der Waals surface area contributed by atoms with Gasteiger partial charge in [-0.15, -0.1) is 0 Å². The Morgan fingerprint density at radius 3 is 2.60 bits per heavy atom. The maximum Gasteiger partial charge on any atom is 0.243 e. The van der Waals surface area contributed by atoms with Crippen LogP contribution in [0.2, 0.25) is 0 Å². The second kappa shape index (κ2) is 7.19. The van der Waals surface area contributed by atoms with Gasteiger partial charge in [0, 0.05) is 51.3 Å². The lowest BCUT2D eigenvalue weighted by Crippen LogP contribution is -2.48. The van der Waals surface area contributed by atoms with Gasteiger partial charge in [0.15, 0.2) is 0 Å². The number of piperidine rings is 1. The molecule has 0 amide bonds. The van der Waals surface area contributed by atoms with Gasteiger partial charge in [0.1, 0.15) is 0 Å². The van der Waals surface area contributed by atoms with Gasteiger partial charge in [-0.2, -0.15) is 4.31 Å². The summed E-state index contributed by atoms with van der Waals surface area (Å²) < 4.78 is 29.3. The fourth-order valence-corrected chi connectivity index (χ4v) is 4.76. The first-order valence-corrected chi connectivity index (χ1v) is 9.97. The molecule has 2 aromatic rings. The van der Waals surface area contributed by atoms with Gasteiger partial charge in [-0.1, -0.05) is 0 Å². The van der Waals surface area contributed by atoms with E-state index >= 15 is 0 Å². The number of nitrogens with zero attached hydrogens (tertiary/aromatic N) is 3. The van der Waals surface area contributed by atoms with Gasteiger partial charge in [-0.05, 0) is 55.3 Å². The molecule has 1 aliphatic heterocycles. The summed E-state index contributed by atoms with van der Waals surface area (Å²) in [6, 6.07) is 8.50. The Hall–Kier alpha value is -1.83. The summed E-state index contributed by atoms with van der Waals surface area (Å²) in [6.45, 7) is 2.61. The van der Waals surface area contributed by atoms with Crippen molar-refractivity contribution in [2.45, 2.75) is 30.3 Å². The van der Waals surface area contributed by atoms with Gasteiger partial charge in [0.2, 0.25) is 10.0 Å². The lowest BCUT2D eigenvalue weighted by atomic mass is 10.1. The van der Waals surface area contributed by atoms with E-state index < -0.39 is 10.0 Å². The van der Waals surface area contributed by atoms with Crippen LogP contribution >= 0.6 is 0 Å². The largest absolute Gasteiger partial charge is 0.399 e.